The lowest BCUT2D eigenvalue weighted by Crippen LogP contribution is -2.32. The fourth-order valence-electron chi connectivity index (χ4n) is 2.76. The summed E-state index contributed by atoms with van der Waals surface area (Å²) in [7, 11) is 0. The number of likely N-dealkylation sites (tertiary alicyclic amines) is 1. The zero-order valence-corrected chi connectivity index (χ0v) is 14.6. The van der Waals surface area contributed by atoms with Crippen LogP contribution in [0.4, 0.5) is 5.69 Å². The molecule has 1 aromatic carbocycles. The van der Waals surface area contributed by atoms with Crippen molar-refractivity contribution >= 4 is 45.5 Å². The lowest BCUT2D eigenvalue weighted by Gasteiger charge is -2.23. The summed E-state index contributed by atoms with van der Waals surface area (Å²) in [6.07, 6.45) is 2.31. The molecule has 1 fully saturated rings. The van der Waals surface area contributed by atoms with Gasteiger partial charge in [0, 0.05) is 14.5 Å². The molecule has 5 heteroatoms. The first kappa shape index (κ1) is 15.0. The van der Waals surface area contributed by atoms with Crippen LogP contribution in [0.1, 0.15) is 23.8 Å². The maximum atomic E-state index is 12.3. The summed E-state index contributed by atoms with van der Waals surface area (Å²) in [6.45, 7) is 1.47. The van der Waals surface area contributed by atoms with Gasteiger partial charge in [0.05, 0.1) is 12.2 Å². The Morgan fingerprint density at radius 2 is 2.19 bits per heavy atom. The Balaban J connectivity index is 1.63. The number of hydrogen-bond donors (Lipinski definition) is 1. The molecule has 0 spiro atoms. The van der Waals surface area contributed by atoms with Crippen molar-refractivity contribution in [1.82, 2.24) is 4.90 Å². The Hall–Kier alpha value is -0.920. The van der Waals surface area contributed by atoms with Crippen molar-refractivity contribution in [1.29, 1.82) is 0 Å². The first-order valence-corrected chi connectivity index (χ1v) is 9.02. The van der Waals surface area contributed by atoms with Gasteiger partial charge in [-0.3, -0.25) is 9.69 Å². The van der Waals surface area contributed by atoms with Crippen molar-refractivity contribution in [3.8, 4) is 0 Å². The van der Waals surface area contributed by atoms with Gasteiger partial charge in [0.2, 0.25) is 5.91 Å². The predicted molar refractivity (Wildman–Crippen MR) is 95.7 cm³/mol. The molecule has 0 aliphatic carbocycles. The van der Waals surface area contributed by atoms with E-state index in [1.807, 2.05) is 24.3 Å². The zero-order valence-electron chi connectivity index (χ0n) is 11.6. The van der Waals surface area contributed by atoms with Gasteiger partial charge < -0.3 is 5.32 Å². The molecule has 1 atom stereocenters. The Labute approximate surface area is 142 Å². The highest BCUT2D eigenvalue weighted by atomic mass is 127. The van der Waals surface area contributed by atoms with E-state index in [-0.39, 0.29) is 5.91 Å². The zero-order chi connectivity index (χ0) is 14.7. The summed E-state index contributed by atoms with van der Waals surface area (Å²) >= 11 is 4.03. The summed E-state index contributed by atoms with van der Waals surface area (Å²) in [5, 5.41) is 5.13. The van der Waals surface area contributed by atoms with Gasteiger partial charge in [0.1, 0.15) is 0 Å². The minimum atomic E-state index is 0.0718. The molecular weight excluding hydrogens is 395 g/mol. The second-order valence-corrected chi connectivity index (χ2v) is 7.31. The molecule has 0 saturated carbocycles. The van der Waals surface area contributed by atoms with E-state index < -0.39 is 0 Å². The first-order chi connectivity index (χ1) is 10.2. The van der Waals surface area contributed by atoms with Gasteiger partial charge in [-0.05, 0) is 65.6 Å². The van der Waals surface area contributed by atoms with E-state index in [0.717, 1.165) is 22.2 Å². The van der Waals surface area contributed by atoms with Gasteiger partial charge in [-0.2, -0.15) is 0 Å². The van der Waals surface area contributed by atoms with Crippen LogP contribution in [0.2, 0.25) is 0 Å². The van der Waals surface area contributed by atoms with Gasteiger partial charge >= 0.3 is 0 Å². The maximum Gasteiger partial charge on any atom is 0.238 e. The number of benzene rings is 1. The summed E-state index contributed by atoms with van der Waals surface area (Å²) in [5.74, 6) is 0.0718. The number of nitrogens with one attached hydrogen (secondary N) is 1. The number of carbonyl (C=O) groups is 1. The molecule has 1 aliphatic rings. The smallest absolute Gasteiger partial charge is 0.238 e. The Morgan fingerprint density at radius 3 is 2.95 bits per heavy atom. The van der Waals surface area contributed by atoms with Gasteiger partial charge in [-0.1, -0.05) is 18.2 Å². The quantitative estimate of drug-likeness (QED) is 0.767. The third kappa shape index (κ3) is 3.64. The van der Waals surface area contributed by atoms with Crippen molar-refractivity contribution in [3.05, 3.63) is 50.2 Å². The second kappa shape index (κ2) is 6.89. The summed E-state index contributed by atoms with van der Waals surface area (Å²) in [5.41, 5.74) is 0.898. The average Bonchev–Trinajstić information content (AvgIpc) is 3.11. The third-order valence-electron chi connectivity index (χ3n) is 3.73. The van der Waals surface area contributed by atoms with Crippen molar-refractivity contribution in [2.75, 3.05) is 18.4 Å². The van der Waals surface area contributed by atoms with E-state index in [0.29, 0.717) is 12.6 Å². The fourth-order valence-corrected chi connectivity index (χ4v) is 4.17. The van der Waals surface area contributed by atoms with Gasteiger partial charge in [-0.25, -0.2) is 0 Å². The minimum absolute atomic E-state index is 0.0718. The van der Waals surface area contributed by atoms with Gasteiger partial charge in [0.25, 0.3) is 0 Å². The van der Waals surface area contributed by atoms with Crippen LogP contribution >= 0.6 is 33.9 Å². The monoisotopic (exact) mass is 412 g/mol. The van der Waals surface area contributed by atoms with Crippen LogP contribution in [-0.2, 0) is 4.79 Å². The van der Waals surface area contributed by atoms with Crippen LogP contribution in [-0.4, -0.2) is 23.9 Å². The van der Waals surface area contributed by atoms with Crippen LogP contribution < -0.4 is 5.32 Å². The van der Waals surface area contributed by atoms with Crippen molar-refractivity contribution < 1.29 is 4.79 Å². The van der Waals surface area contributed by atoms with E-state index in [1.54, 1.807) is 11.3 Å². The van der Waals surface area contributed by atoms with Crippen LogP contribution in [0.15, 0.2) is 41.8 Å². The predicted octanol–water partition coefficient (Wildman–Crippen LogP) is 4.13. The molecule has 1 amide bonds. The number of halogens is 1. The third-order valence-corrected chi connectivity index (χ3v) is 5.64. The Bertz CT molecular complexity index is 614. The molecule has 2 aromatic rings. The van der Waals surface area contributed by atoms with Crippen molar-refractivity contribution in [2.24, 2.45) is 0 Å². The molecule has 3 nitrogen and oxygen atoms in total. The van der Waals surface area contributed by atoms with Crippen molar-refractivity contribution in [2.45, 2.75) is 18.9 Å². The summed E-state index contributed by atoms with van der Waals surface area (Å²) in [4.78, 5) is 15.9. The molecule has 1 aromatic heterocycles. The molecule has 110 valence electrons. The first-order valence-electron chi connectivity index (χ1n) is 7.06. The number of para-hydroxylation sites is 1. The molecule has 0 bridgehead atoms. The molecule has 0 radical (unpaired) electrons. The maximum absolute atomic E-state index is 12.3. The van der Waals surface area contributed by atoms with Crippen LogP contribution in [0.5, 0.6) is 0 Å². The number of nitrogens with zero attached hydrogens (tertiary/aromatic N) is 1. The Morgan fingerprint density at radius 1 is 1.33 bits per heavy atom. The second-order valence-electron chi connectivity index (χ2n) is 5.17. The number of amides is 1. The summed E-state index contributed by atoms with van der Waals surface area (Å²) < 4.78 is 1.07. The average molecular weight is 412 g/mol. The van der Waals surface area contributed by atoms with E-state index in [9.17, 15) is 4.79 Å². The van der Waals surface area contributed by atoms with Crippen LogP contribution in [0, 0.1) is 3.57 Å². The number of thiophene rings is 1. The number of anilines is 1. The molecule has 1 N–H and O–H groups in total. The molecule has 2 heterocycles. The van der Waals surface area contributed by atoms with E-state index in [1.165, 1.54) is 11.3 Å². The molecule has 0 unspecified atom stereocenters. The standard InChI is InChI=1S/C16H17IN2OS/c17-12-5-1-2-6-13(12)18-16(20)11-19-9-3-7-14(19)15-8-4-10-21-15/h1-2,4-6,8,10,14H,3,7,9,11H2,(H,18,20)/t14-/m0/s1. The lowest BCUT2D eigenvalue weighted by atomic mass is 10.2. The number of hydrogen-bond acceptors (Lipinski definition) is 3. The van der Waals surface area contributed by atoms with Crippen molar-refractivity contribution in [3.63, 3.8) is 0 Å². The number of rotatable bonds is 4. The highest BCUT2D eigenvalue weighted by molar-refractivity contribution is 14.1. The number of carbonyl (C=O) groups excluding carboxylic acids is 1. The highest BCUT2D eigenvalue weighted by Crippen LogP contribution is 2.34. The summed E-state index contributed by atoms with van der Waals surface area (Å²) in [6, 6.07) is 12.5. The van der Waals surface area contributed by atoms with E-state index in [2.05, 4.69) is 50.3 Å². The lowest BCUT2D eigenvalue weighted by molar-refractivity contribution is -0.117. The molecule has 1 aliphatic heterocycles. The van der Waals surface area contributed by atoms with Crippen LogP contribution in [0.25, 0.3) is 0 Å². The molecule has 21 heavy (non-hydrogen) atoms. The normalized spacial score (nSPS) is 18.8. The largest absolute Gasteiger partial charge is 0.324 e. The SMILES string of the molecule is O=C(CN1CCC[C@H]1c1cccs1)Nc1ccccc1I. The molecule has 3 rings (SSSR count). The van der Waals surface area contributed by atoms with Gasteiger partial charge in [0.15, 0.2) is 0 Å². The Kier molecular flexibility index (Phi) is 4.92. The molecule has 1 saturated heterocycles. The molecular formula is C16H17IN2OS. The van der Waals surface area contributed by atoms with Crippen LogP contribution in [0.3, 0.4) is 0 Å². The van der Waals surface area contributed by atoms with Gasteiger partial charge in [-0.15, -0.1) is 11.3 Å². The van der Waals surface area contributed by atoms with E-state index >= 15 is 0 Å². The topological polar surface area (TPSA) is 32.3 Å². The van der Waals surface area contributed by atoms with E-state index in [4.69, 9.17) is 0 Å². The minimum Gasteiger partial charge on any atom is -0.324 e. The fraction of sp³-hybridized carbons (Fsp3) is 0.312. The highest BCUT2D eigenvalue weighted by Gasteiger charge is 2.28.